The van der Waals surface area contributed by atoms with E-state index in [2.05, 4.69) is 31.1 Å². The first-order chi connectivity index (χ1) is 9.65. The Balaban J connectivity index is 2.02. The maximum absolute atomic E-state index is 5.97. The molecule has 0 spiro atoms. The number of aromatic nitrogens is 3. The van der Waals surface area contributed by atoms with Gasteiger partial charge in [-0.1, -0.05) is 22.8 Å². The van der Waals surface area contributed by atoms with Crippen LogP contribution in [0.2, 0.25) is 5.02 Å². The van der Waals surface area contributed by atoms with Crippen molar-refractivity contribution in [1.29, 1.82) is 0 Å². The summed E-state index contributed by atoms with van der Waals surface area (Å²) in [5.41, 5.74) is 7.78. The summed E-state index contributed by atoms with van der Waals surface area (Å²) in [6.45, 7) is 0. The number of halogens is 2. The zero-order valence-electron chi connectivity index (χ0n) is 10.0. The lowest BCUT2D eigenvalue weighted by Crippen LogP contribution is -1.91. The van der Waals surface area contributed by atoms with E-state index in [1.54, 1.807) is 12.1 Å². The van der Waals surface area contributed by atoms with E-state index in [9.17, 15) is 0 Å². The van der Waals surface area contributed by atoms with E-state index in [0.29, 0.717) is 33.7 Å². The van der Waals surface area contributed by atoms with Gasteiger partial charge in [-0.05, 0) is 40.2 Å². The zero-order chi connectivity index (χ0) is 14.1. The molecule has 2 aromatic heterocycles. The fourth-order valence-corrected chi connectivity index (χ4v) is 2.15. The molecule has 0 unspecified atom stereocenters. The van der Waals surface area contributed by atoms with Gasteiger partial charge >= 0.3 is 0 Å². The highest BCUT2D eigenvalue weighted by Gasteiger charge is 2.14. The second-order valence-electron chi connectivity index (χ2n) is 3.99. The summed E-state index contributed by atoms with van der Waals surface area (Å²) in [6, 6.07) is 8.94. The van der Waals surface area contributed by atoms with E-state index >= 15 is 0 Å². The molecule has 5 nitrogen and oxygen atoms in total. The largest absolute Gasteiger partial charge is 0.397 e. The number of nitrogens with zero attached hydrogens (tertiary/aromatic N) is 3. The molecule has 3 rings (SSSR count). The molecule has 2 N–H and O–H groups in total. The van der Waals surface area contributed by atoms with Gasteiger partial charge in [0.1, 0.15) is 5.69 Å². The molecule has 100 valence electrons. The Bertz CT molecular complexity index is 757. The average molecular weight is 352 g/mol. The molecule has 3 aromatic rings. The topological polar surface area (TPSA) is 77.8 Å². The van der Waals surface area contributed by atoms with Crippen molar-refractivity contribution in [3.63, 3.8) is 0 Å². The van der Waals surface area contributed by atoms with E-state index in [0.717, 1.165) is 4.47 Å². The van der Waals surface area contributed by atoms with Crippen molar-refractivity contribution in [2.75, 3.05) is 5.73 Å². The smallest absolute Gasteiger partial charge is 0.260 e. The van der Waals surface area contributed by atoms with Crippen LogP contribution >= 0.6 is 27.5 Å². The summed E-state index contributed by atoms with van der Waals surface area (Å²) < 4.78 is 6.01. The summed E-state index contributed by atoms with van der Waals surface area (Å²) in [5, 5.41) is 4.45. The summed E-state index contributed by atoms with van der Waals surface area (Å²) >= 11 is 9.15. The minimum absolute atomic E-state index is 0.343. The molecule has 0 atom stereocenters. The predicted octanol–water partition coefficient (Wildman–Crippen LogP) is 3.80. The van der Waals surface area contributed by atoms with Gasteiger partial charge in [0.15, 0.2) is 0 Å². The van der Waals surface area contributed by atoms with Crippen molar-refractivity contribution in [2.45, 2.75) is 0 Å². The van der Waals surface area contributed by atoms with E-state index in [4.69, 9.17) is 21.9 Å². The Labute approximate surface area is 127 Å². The van der Waals surface area contributed by atoms with Crippen LogP contribution in [0.25, 0.3) is 23.0 Å². The Hall–Kier alpha value is -1.92. The van der Waals surface area contributed by atoms with Crippen LogP contribution in [0.15, 0.2) is 45.5 Å². The molecule has 0 bridgehead atoms. The molecule has 2 heterocycles. The number of rotatable bonds is 2. The first-order valence-corrected chi connectivity index (χ1v) is 6.82. The Kier molecular flexibility index (Phi) is 3.42. The highest BCUT2D eigenvalue weighted by Crippen LogP contribution is 2.31. The minimum Gasteiger partial charge on any atom is -0.397 e. The molecule has 0 aliphatic heterocycles. The number of nitrogens with two attached hydrogens (primary N) is 1. The summed E-state index contributed by atoms with van der Waals surface area (Å²) in [5.74, 6) is 0.728. The van der Waals surface area contributed by atoms with Gasteiger partial charge in [-0.2, -0.15) is 4.98 Å². The molecule has 0 aliphatic rings. The molecule has 20 heavy (non-hydrogen) atoms. The lowest BCUT2D eigenvalue weighted by Gasteiger charge is -2.01. The number of pyridine rings is 1. The monoisotopic (exact) mass is 350 g/mol. The third kappa shape index (κ3) is 2.39. The number of hydrogen-bond donors (Lipinski definition) is 1. The van der Waals surface area contributed by atoms with Crippen LogP contribution in [0.3, 0.4) is 0 Å². The van der Waals surface area contributed by atoms with Crippen LogP contribution < -0.4 is 5.73 Å². The third-order valence-corrected chi connectivity index (χ3v) is 3.58. The van der Waals surface area contributed by atoms with Crippen molar-refractivity contribution < 1.29 is 4.52 Å². The first-order valence-electron chi connectivity index (χ1n) is 5.65. The number of nitrogen functional groups attached to an aromatic ring is 1. The van der Waals surface area contributed by atoms with Crippen LogP contribution in [0, 0.1) is 0 Å². The van der Waals surface area contributed by atoms with Crippen molar-refractivity contribution in [2.24, 2.45) is 0 Å². The zero-order valence-corrected chi connectivity index (χ0v) is 12.4. The van der Waals surface area contributed by atoms with Crippen LogP contribution in [0.5, 0.6) is 0 Å². The third-order valence-electron chi connectivity index (χ3n) is 2.67. The molecule has 1 aromatic carbocycles. The van der Waals surface area contributed by atoms with Crippen molar-refractivity contribution in [3.8, 4) is 23.0 Å². The highest BCUT2D eigenvalue weighted by molar-refractivity contribution is 9.10. The second-order valence-corrected chi connectivity index (χ2v) is 5.28. The van der Waals surface area contributed by atoms with E-state index < -0.39 is 0 Å². The molecule has 0 fully saturated rings. The van der Waals surface area contributed by atoms with Crippen LogP contribution in [0.1, 0.15) is 0 Å². The van der Waals surface area contributed by atoms with Gasteiger partial charge in [-0.25, -0.2) is 0 Å². The minimum atomic E-state index is 0.343. The summed E-state index contributed by atoms with van der Waals surface area (Å²) in [4.78, 5) is 8.44. The summed E-state index contributed by atoms with van der Waals surface area (Å²) in [7, 11) is 0. The van der Waals surface area contributed by atoms with Crippen molar-refractivity contribution >= 4 is 33.2 Å². The van der Waals surface area contributed by atoms with Gasteiger partial charge < -0.3 is 10.3 Å². The lowest BCUT2D eigenvalue weighted by atomic mass is 10.2. The number of benzene rings is 1. The fraction of sp³-hybridized carbons (Fsp3) is 0. The van der Waals surface area contributed by atoms with Gasteiger partial charge in [-0.15, -0.1) is 0 Å². The van der Waals surface area contributed by atoms with Crippen LogP contribution in [-0.2, 0) is 0 Å². The fourth-order valence-electron chi connectivity index (χ4n) is 1.67. The molecule has 0 radical (unpaired) electrons. The van der Waals surface area contributed by atoms with Gasteiger partial charge in [-0.3, -0.25) is 4.98 Å². The number of hydrogen-bond acceptors (Lipinski definition) is 5. The second kappa shape index (κ2) is 5.22. The highest BCUT2D eigenvalue weighted by atomic mass is 79.9. The molecular weight excluding hydrogens is 344 g/mol. The van der Waals surface area contributed by atoms with Gasteiger partial charge in [0.05, 0.1) is 16.3 Å². The molecule has 0 amide bonds. The van der Waals surface area contributed by atoms with Crippen molar-refractivity contribution in [1.82, 2.24) is 15.1 Å². The Morgan fingerprint density at radius 2 is 2.05 bits per heavy atom. The quantitative estimate of drug-likeness (QED) is 0.711. The molecule has 0 saturated heterocycles. The molecule has 0 saturated carbocycles. The Morgan fingerprint density at radius 3 is 2.80 bits per heavy atom. The summed E-state index contributed by atoms with van der Waals surface area (Å²) in [6.07, 6.45) is 1.53. The molecule has 0 aliphatic carbocycles. The van der Waals surface area contributed by atoms with Gasteiger partial charge in [0.2, 0.25) is 5.82 Å². The van der Waals surface area contributed by atoms with Crippen LogP contribution in [-0.4, -0.2) is 15.1 Å². The van der Waals surface area contributed by atoms with E-state index in [1.807, 2.05) is 18.2 Å². The lowest BCUT2D eigenvalue weighted by molar-refractivity contribution is 0.432. The Morgan fingerprint density at radius 1 is 1.20 bits per heavy atom. The first kappa shape index (κ1) is 13.1. The maximum Gasteiger partial charge on any atom is 0.260 e. The average Bonchev–Trinajstić information content (AvgIpc) is 2.92. The van der Waals surface area contributed by atoms with Crippen LogP contribution in [0.4, 0.5) is 5.69 Å². The predicted molar refractivity (Wildman–Crippen MR) is 80.1 cm³/mol. The SMILES string of the molecule is Nc1c(Br)cccc1-c1nc(-c2ccc(Cl)cn2)no1. The molecular formula is C13H8BrClN4O. The standard InChI is InChI=1S/C13H8BrClN4O/c14-9-3-1-2-8(11(9)16)13-18-12(19-20-13)10-5-4-7(15)6-17-10/h1-6H,16H2. The van der Waals surface area contributed by atoms with E-state index in [-0.39, 0.29) is 0 Å². The van der Waals surface area contributed by atoms with E-state index in [1.165, 1.54) is 6.20 Å². The molecule has 7 heteroatoms. The van der Waals surface area contributed by atoms with Crippen molar-refractivity contribution in [3.05, 3.63) is 46.0 Å². The number of para-hydroxylation sites is 1. The normalized spacial score (nSPS) is 10.7. The van der Waals surface area contributed by atoms with Gasteiger partial charge in [0.25, 0.3) is 5.89 Å². The number of anilines is 1. The maximum atomic E-state index is 5.97. The van der Waals surface area contributed by atoms with Gasteiger partial charge in [0, 0.05) is 10.7 Å².